The number of carboxylic acid groups (broad SMARTS) is 1. The lowest BCUT2D eigenvalue weighted by Crippen LogP contribution is -2.09. The second kappa shape index (κ2) is 6.09. The first-order chi connectivity index (χ1) is 7.69. The van der Waals surface area contributed by atoms with Gasteiger partial charge in [-0.2, -0.15) is 0 Å². The van der Waals surface area contributed by atoms with Gasteiger partial charge < -0.3 is 10.4 Å². The summed E-state index contributed by atoms with van der Waals surface area (Å²) >= 11 is 0. The maximum absolute atomic E-state index is 10.4. The summed E-state index contributed by atoms with van der Waals surface area (Å²) < 4.78 is 1.98. The van der Waals surface area contributed by atoms with Gasteiger partial charge in [-0.3, -0.25) is 9.36 Å². The Kier molecular flexibility index (Phi) is 4.75. The standard InChI is InChI=1S/C10H18N4O2/c1-3-11-10-13-12-8(14(10)4-2)6-5-7-9(15)16/h3-7H2,1-2H3,(H,11,13)(H,15,16). The fourth-order valence-electron chi connectivity index (χ4n) is 1.54. The topological polar surface area (TPSA) is 80.0 Å². The van der Waals surface area contributed by atoms with E-state index in [0.717, 1.165) is 24.9 Å². The molecule has 0 aliphatic carbocycles. The van der Waals surface area contributed by atoms with Crippen LogP contribution in [0.4, 0.5) is 5.95 Å². The molecule has 6 heteroatoms. The predicted octanol–water partition coefficient (Wildman–Crippen LogP) is 1.14. The summed E-state index contributed by atoms with van der Waals surface area (Å²) in [4.78, 5) is 10.4. The third-order valence-electron chi connectivity index (χ3n) is 2.27. The Morgan fingerprint density at radius 1 is 1.44 bits per heavy atom. The van der Waals surface area contributed by atoms with Crippen LogP contribution in [0.1, 0.15) is 32.5 Å². The Morgan fingerprint density at radius 3 is 2.75 bits per heavy atom. The van der Waals surface area contributed by atoms with Crippen LogP contribution in [-0.2, 0) is 17.8 Å². The van der Waals surface area contributed by atoms with E-state index in [1.54, 1.807) is 0 Å². The molecule has 0 aromatic carbocycles. The number of carboxylic acids is 1. The van der Waals surface area contributed by atoms with Crippen molar-refractivity contribution in [2.24, 2.45) is 0 Å². The Hall–Kier alpha value is -1.59. The molecule has 90 valence electrons. The molecule has 0 saturated heterocycles. The molecule has 16 heavy (non-hydrogen) atoms. The minimum Gasteiger partial charge on any atom is -0.481 e. The lowest BCUT2D eigenvalue weighted by atomic mass is 10.2. The van der Waals surface area contributed by atoms with Crippen LogP contribution in [0.15, 0.2) is 0 Å². The maximum atomic E-state index is 10.4. The molecule has 1 rings (SSSR count). The van der Waals surface area contributed by atoms with E-state index in [-0.39, 0.29) is 6.42 Å². The van der Waals surface area contributed by atoms with Gasteiger partial charge in [0.25, 0.3) is 0 Å². The van der Waals surface area contributed by atoms with E-state index in [0.29, 0.717) is 12.8 Å². The molecule has 0 atom stereocenters. The Balaban J connectivity index is 2.61. The number of aliphatic carboxylic acids is 1. The van der Waals surface area contributed by atoms with Crippen molar-refractivity contribution < 1.29 is 9.90 Å². The smallest absolute Gasteiger partial charge is 0.303 e. The molecule has 0 fully saturated rings. The highest BCUT2D eigenvalue weighted by atomic mass is 16.4. The number of carbonyl (C=O) groups is 1. The van der Waals surface area contributed by atoms with Crippen LogP contribution in [0.25, 0.3) is 0 Å². The first-order valence-corrected chi connectivity index (χ1v) is 5.56. The van der Waals surface area contributed by atoms with E-state index in [1.807, 2.05) is 18.4 Å². The van der Waals surface area contributed by atoms with Crippen molar-refractivity contribution in [2.45, 2.75) is 39.7 Å². The van der Waals surface area contributed by atoms with Gasteiger partial charge in [-0.05, 0) is 20.3 Å². The van der Waals surface area contributed by atoms with Crippen LogP contribution in [0.3, 0.4) is 0 Å². The number of aryl methyl sites for hydroxylation is 1. The Bertz CT molecular complexity index is 349. The molecule has 0 spiro atoms. The van der Waals surface area contributed by atoms with Gasteiger partial charge in [0, 0.05) is 25.9 Å². The number of hydrogen-bond acceptors (Lipinski definition) is 4. The first kappa shape index (κ1) is 12.5. The Morgan fingerprint density at radius 2 is 2.19 bits per heavy atom. The zero-order chi connectivity index (χ0) is 12.0. The second-order valence-corrected chi connectivity index (χ2v) is 3.46. The van der Waals surface area contributed by atoms with E-state index in [1.165, 1.54) is 0 Å². The molecule has 1 aromatic rings. The van der Waals surface area contributed by atoms with Crippen LogP contribution >= 0.6 is 0 Å². The fourth-order valence-corrected chi connectivity index (χ4v) is 1.54. The number of nitrogens with zero attached hydrogens (tertiary/aromatic N) is 3. The van der Waals surface area contributed by atoms with Crippen molar-refractivity contribution in [2.75, 3.05) is 11.9 Å². The summed E-state index contributed by atoms with van der Waals surface area (Å²) in [5, 5.41) is 19.8. The lowest BCUT2D eigenvalue weighted by Gasteiger charge is -2.07. The summed E-state index contributed by atoms with van der Waals surface area (Å²) in [5.74, 6) is 0.837. The third-order valence-corrected chi connectivity index (χ3v) is 2.27. The second-order valence-electron chi connectivity index (χ2n) is 3.46. The van der Waals surface area contributed by atoms with Crippen molar-refractivity contribution in [3.8, 4) is 0 Å². The fraction of sp³-hybridized carbons (Fsp3) is 0.700. The summed E-state index contributed by atoms with van der Waals surface area (Å²) in [5.41, 5.74) is 0. The van der Waals surface area contributed by atoms with Crippen molar-refractivity contribution >= 4 is 11.9 Å². The molecule has 0 saturated carbocycles. The molecule has 0 amide bonds. The highest BCUT2D eigenvalue weighted by molar-refractivity contribution is 5.66. The maximum Gasteiger partial charge on any atom is 0.303 e. The van der Waals surface area contributed by atoms with Crippen molar-refractivity contribution in [3.63, 3.8) is 0 Å². The third kappa shape index (κ3) is 3.22. The zero-order valence-corrected chi connectivity index (χ0v) is 9.73. The van der Waals surface area contributed by atoms with E-state index >= 15 is 0 Å². The van der Waals surface area contributed by atoms with E-state index in [4.69, 9.17) is 5.11 Å². The largest absolute Gasteiger partial charge is 0.481 e. The molecule has 1 heterocycles. The van der Waals surface area contributed by atoms with Gasteiger partial charge >= 0.3 is 5.97 Å². The quantitative estimate of drug-likeness (QED) is 0.728. The highest BCUT2D eigenvalue weighted by Gasteiger charge is 2.09. The van der Waals surface area contributed by atoms with Gasteiger partial charge in [-0.15, -0.1) is 10.2 Å². The molecule has 2 N–H and O–H groups in total. The minimum absolute atomic E-state index is 0.174. The summed E-state index contributed by atoms with van der Waals surface area (Å²) in [6.07, 6.45) is 1.42. The van der Waals surface area contributed by atoms with Crippen LogP contribution in [-0.4, -0.2) is 32.4 Å². The molecular weight excluding hydrogens is 208 g/mol. The van der Waals surface area contributed by atoms with Crippen LogP contribution in [0.5, 0.6) is 0 Å². The van der Waals surface area contributed by atoms with Gasteiger partial charge in [-0.25, -0.2) is 0 Å². The molecular formula is C10H18N4O2. The SMILES string of the molecule is CCNc1nnc(CCCC(=O)O)n1CC. The molecule has 0 unspecified atom stereocenters. The monoisotopic (exact) mass is 226 g/mol. The Labute approximate surface area is 94.7 Å². The van der Waals surface area contributed by atoms with Gasteiger partial charge in [-0.1, -0.05) is 0 Å². The van der Waals surface area contributed by atoms with Gasteiger partial charge in [0.15, 0.2) is 0 Å². The number of anilines is 1. The molecule has 6 nitrogen and oxygen atoms in total. The minimum atomic E-state index is -0.769. The zero-order valence-electron chi connectivity index (χ0n) is 9.73. The van der Waals surface area contributed by atoms with Crippen LogP contribution in [0.2, 0.25) is 0 Å². The highest BCUT2D eigenvalue weighted by Crippen LogP contribution is 2.10. The van der Waals surface area contributed by atoms with Crippen LogP contribution in [0, 0.1) is 0 Å². The van der Waals surface area contributed by atoms with E-state index < -0.39 is 5.97 Å². The molecule has 1 aromatic heterocycles. The average Bonchev–Trinajstić information content (AvgIpc) is 2.61. The summed E-state index contributed by atoms with van der Waals surface area (Å²) in [7, 11) is 0. The van der Waals surface area contributed by atoms with Gasteiger partial charge in [0.05, 0.1) is 0 Å². The number of rotatable bonds is 7. The van der Waals surface area contributed by atoms with Crippen molar-refractivity contribution in [1.82, 2.24) is 14.8 Å². The molecule has 0 radical (unpaired) electrons. The summed E-state index contributed by atoms with van der Waals surface area (Å²) in [6.45, 7) is 5.61. The molecule has 0 aliphatic heterocycles. The number of hydrogen-bond donors (Lipinski definition) is 2. The van der Waals surface area contributed by atoms with E-state index in [9.17, 15) is 4.79 Å². The molecule has 0 aliphatic rings. The normalized spacial score (nSPS) is 10.4. The van der Waals surface area contributed by atoms with Gasteiger partial charge in [0.2, 0.25) is 5.95 Å². The van der Waals surface area contributed by atoms with Crippen LogP contribution < -0.4 is 5.32 Å². The first-order valence-electron chi connectivity index (χ1n) is 5.56. The molecule has 0 bridgehead atoms. The van der Waals surface area contributed by atoms with Crippen molar-refractivity contribution in [3.05, 3.63) is 5.82 Å². The average molecular weight is 226 g/mol. The lowest BCUT2D eigenvalue weighted by molar-refractivity contribution is -0.137. The summed E-state index contributed by atoms with van der Waals surface area (Å²) in [6, 6.07) is 0. The predicted molar refractivity (Wildman–Crippen MR) is 60.4 cm³/mol. The van der Waals surface area contributed by atoms with Gasteiger partial charge in [0.1, 0.15) is 5.82 Å². The van der Waals surface area contributed by atoms with E-state index in [2.05, 4.69) is 15.5 Å². The van der Waals surface area contributed by atoms with Crippen molar-refractivity contribution in [1.29, 1.82) is 0 Å². The number of aromatic nitrogens is 3. The number of nitrogens with one attached hydrogen (secondary N) is 1.